The van der Waals surface area contributed by atoms with Gasteiger partial charge in [-0.3, -0.25) is 4.79 Å². The van der Waals surface area contributed by atoms with Crippen molar-refractivity contribution in [2.45, 2.75) is 38.9 Å². The Morgan fingerprint density at radius 1 is 1.25 bits per heavy atom. The maximum atomic E-state index is 12.7. The number of halogens is 3. The molecule has 0 fully saturated rings. The fraction of sp³-hybridized carbons (Fsp3) is 0.500. The SMILES string of the molecule is CC(C)NCCCC(=O)Nc1ccccc1C(F)(F)F. The molecule has 0 saturated carbocycles. The summed E-state index contributed by atoms with van der Waals surface area (Å²) in [5.74, 6) is -0.410. The molecule has 3 nitrogen and oxygen atoms in total. The fourth-order valence-corrected chi connectivity index (χ4v) is 1.69. The molecule has 0 aliphatic rings. The second-order valence-corrected chi connectivity index (χ2v) is 4.80. The van der Waals surface area contributed by atoms with Gasteiger partial charge in [0.15, 0.2) is 0 Å². The van der Waals surface area contributed by atoms with E-state index in [0.29, 0.717) is 19.0 Å². The zero-order valence-electron chi connectivity index (χ0n) is 11.6. The van der Waals surface area contributed by atoms with Crippen molar-refractivity contribution in [3.8, 4) is 0 Å². The average Bonchev–Trinajstić information content (AvgIpc) is 2.34. The third-order valence-corrected chi connectivity index (χ3v) is 2.64. The molecule has 0 atom stereocenters. The molecular formula is C14H19F3N2O. The smallest absolute Gasteiger partial charge is 0.326 e. The molecule has 112 valence electrons. The minimum absolute atomic E-state index is 0.186. The van der Waals surface area contributed by atoms with E-state index in [1.807, 2.05) is 13.8 Å². The van der Waals surface area contributed by atoms with E-state index in [2.05, 4.69) is 10.6 Å². The summed E-state index contributed by atoms with van der Waals surface area (Å²) in [6.07, 6.45) is -3.70. The van der Waals surface area contributed by atoms with Crippen LogP contribution in [0.4, 0.5) is 18.9 Å². The van der Waals surface area contributed by atoms with Crippen molar-refractivity contribution in [3.63, 3.8) is 0 Å². The van der Waals surface area contributed by atoms with E-state index in [1.165, 1.54) is 18.2 Å². The normalized spacial score (nSPS) is 11.7. The average molecular weight is 288 g/mol. The summed E-state index contributed by atoms with van der Waals surface area (Å²) in [6, 6.07) is 5.29. The highest BCUT2D eigenvalue weighted by Crippen LogP contribution is 2.34. The first-order chi connectivity index (χ1) is 9.30. The lowest BCUT2D eigenvalue weighted by Crippen LogP contribution is -2.25. The lowest BCUT2D eigenvalue weighted by atomic mass is 10.1. The molecule has 1 aromatic carbocycles. The topological polar surface area (TPSA) is 41.1 Å². The van der Waals surface area contributed by atoms with Crippen LogP contribution in [-0.4, -0.2) is 18.5 Å². The largest absolute Gasteiger partial charge is 0.418 e. The minimum Gasteiger partial charge on any atom is -0.326 e. The second kappa shape index (κ2) is 7.28. The number of alkyl halides is 3. The number of carbonyl (C=O) groups is 1. The number of benzene rings is 1. The van der Waals surface area contributed by atoms with E-state index < -0.39 is 17.6 Å². The highest BCUT2D eigenvalue weighted by atomic mass is 19.4. The maximum absolute atomic E-state index is 12.7. The van der Waals surface area contributed by atoms with Crippen molar-refractivity contribution in [1.29, 1.82) is 0 Å². The molecule has 0 radical (unpaired) electrons. The van der Waals surface area contributed by atoms with Crippen LogP contribution in [0.2, 0.25) is 0 Å². The highest BCUT2D eigenvalue weighted by molar-refractivity contribution is 5.91. The van der Waals surface area contributed by atoms with Gasteiger partial charge in [-0.05, 0) is 25.1 Å². The summed E-state index contributed by atoms with van der Waals surface area (Å²) in [5, 5.41) is 5.46. The quantitative estimate of drug-likeness (QED) is 0.787. The highest BCUT2D eigenvalue weighted by Gasteiger charge is 2.33. The first kappa shape index (κ1) is 16.5. The molecule has 0 unspecified atom stereocenters. The van der Waals surface area contributed by atoms with Gasteiger partial charge in [0.25, 0.3) is 0 Å². The van der Waals surface area contributed by atoms with Gasteiger partial charge in [-0.15, -0.1) is 0 Å². The van der Waals surface area contributed by atoms with E-state index in [4.69, 9.17) is 0 Å². The van der Waals surface area contributed by atoms with Gasteiger partial charge in [-0.1, -0.05) is 26.0 Å². The van der Waals surface area contributed by atoms with E-state index in [-0.39, 0.29) is 12.1 Å². The summed E-state index contributed by atoms with van der Waals surface area (Å²) in [5.41, 5.74) is -1.02. The lowest BCUT2D eigenvalue weighted by Gasteiger charge is -2.13. The van der Waals surface area contributed by atoms with Crippen LogP contribution in [-0.2, 0) is 11.0 Å². The predicted octanol–water partition coefficient (Wildman–Crippen LogP) is 3.42. The first-order valence-corrected chi connectivity index (χ1v) is 6.50. The van der Waals surface area contributed by atoms with Crippen LogP contribution >= 0.6 is 0 Å². The summed E-state index contributed by atoms with van der Waals surface area (Å²) in [6.45, 7) is 4.63. The van der Waals surface area contributed by atoms with Crippen LogP contribution < -0.4 is 10.6 Å². The molecule has 0 aliphatic heterocycles. The molecule has 1 amide bonds. The number of nitrogens with one attached hydrogen (secondary N) is 2. The summed E-state index contributed by atoms with van der Waals surface area (Å²) in [4.78, 5) is 11.6. The predicted molar refractivity (Wildman–Crippen MR) is 72.4 cm³/mol. The van der Waals surface area contributed by atoms with Crippen LogP contribution in [0.3, 0.4) is 0 Å². The molecule has 0 aliphatic carbocycles. The number of anilines is 1. The number of amides is 1. The van der Waals surface area contributed by atoms with Gasteiger partial charge in [0.05, 0.1) is 11.3 Å². The van der Waals surface area contributed by atoms with Crippen molar-refractivity contribution < 1.29 is 18.0 Å². The Balaban J connectivity index is 2.54. The molecule has 0 bridgehead atoms. The Kier molecular flexibility index (Phi) is 6.01. The van der Waals surface area contributed by atoms with Gasteiger partial charge in [-0.25, -0.2) is 0 Å². The number of rotatable bonds is 6. The van der Waals surface area contributed by atoms with E-state index in [9.17, 15) is 18.0 Å². The molecule has 6 heteroatoms. The Morgan fingerprint density at radius 2 is 1.90 bits per heavy atom. The van der Waals surface area contributed by atoms with Gasteiger partial charge in [-0.2, -0.15) is 13.2 Å². The summed E-state index contributed by atoms with van der Waals surface area (Å²) in [7, 11) is 0. The Bertz CT molecular complexity index is 444. The lowest BCUT2D eigenvalue weighted by molar-refractivity contribution is -0.137. The first-order valence-electron chi connectivity index (χ1n) is 6.50. The standard InChI is InChI=1S/C14H19F3N2O/c1-10(2)18-9-5-8-13(20)19-12-7-4-3-6-11(12)14(15,16)17/h3-4,6-7,10,18H,5,8-9H2,1-2H3,(H,19,20). The molecule has 0 heterocycles. The Hall–Kier alpha value is -1.56. The molecule has 1 aromatic rings. The number of carbonyl (C=O) groups excluding carboxylic acids is 1. The van der Waals surface area contributed by atoms with Gasteiger partial charge < -0.3 is 10.6 Å². The zero-order valence-corrected chi connectivity index (χ0v) is 11.6. The van der Waals surface area contributed by atoms with E-state index in [1.54, 1.807) is 0 Å². The van der Waals surface area contributed by atoms with Crippen molar-refractivity contribution in [1.82, 2.24) is 5.32 Å². The molecule has 20 heavy (non-hydrogen) atoms. The fourth-order valence-electron chi connectivity index (χ4n) is 1.69. The monoisotopic (exact) mass is 288 g/mol. The summed E-state index contributed by atoms with van der Waals surface area (Å²) < 4.78 is 38.2. The van der Waals surface area contributed by atoms with E-state index in [0.717, 1.165) is 6.07 Å². The van der Waals surface area contributed by atoms with Gasteiger partial charge in [0.1, 0.15) is 0 Å². The molecule has 0 aromatic heterocycles. The summed E-state index contributed by atoms with van der Waals surface area (Å²) >= 11 is 0. The number of hydrogen-bond donors (Lipinski definition) is 2. The van der Waals surface area contributed by atoms with Gasteiger partial charge in [0, 0.05) is 12.5 Å². The molecule has 0 spiro atoms. The minimum atomic E-state index is -4.47. The molecule has 2 N–H and O–H groups in total. The van der Waals surface area contributed by atoms with Crippen molar-refractivity contribution in [3.05, 3.63) is 29.8 Å². The Labute approximate surface area is 116 Å². The third kappa shape index (κ3) is 5.61. The van der Waals surface area contributed by atoms with Gasteiger partial charge in [0.2, 0.25) is 5.91 Å². The molecule has 0 saturated heterocycles. The van der Waals surface area contributed by atoms with Crippen LogP contribution in [0.1, 0.15) is 32.3 Å². The van der Waals surface area contributed by atoms with E-state index >= 15 is 0 Å². The van der Waals surface area contributed by atoms with Gasteiger partial charge >= 0.3 is 6.18 Å². The second-order valence-electron chi connectivity index (χ2n) is 4.80. The van der Waals surface area contributed by atoms with Crippen molar-refractivity contribution in [2.24, 2.45) is 0 Å². The third-order valence-electron chi connectivity index (χ3n) is 2.64. The van der Waals surface area contributed by atoms with Crippen LogP contribution in [0.5, 0.6) is 0 Å². The zero-order chi connectivity index (χ0) is 15.2. The van der Waals surface area contributed by atoms with Crippen LogP contribution in [0.25, 0.3) is 0 Å². The van der Waals surface area contributed by atoms with Crippen molar-refractivity contribution in [2.75, 3.05) is 11.9 Å². The Morgan fingerprint density at radius 3 is 2.50 bits per heavy atom. The molecule has 1 rings (SSSR count). The number of hydrogen-bond acceptors (Lipinski definition) is 2. The molecular weight excluding hydrogens is 269 g/mol. The number of para-hydroxylation sites is 1. The van der Waals surface area contributed by atoms with Crippen LogP contribution in [0.15, 0.2) is 24.3 Å². The van der Waals surface area contributed by atoms with Crippen LogP contribution in [0, 0.1) is 0 Å². The van der Waals surface area contributed by atoms with Crippen molar-refractivity contribution >= 4 is 11.6 Å². The maximum Gasteiger partial charge on any atom is 0.418 e.